The van der Waals surface area contributed by atoms with Crippen LogP contribution in [-0.4, -0.2) is 28.6 Å². The predicted molar refractivity (Wildman–Crippen MR) is 106 cm³/mol. The van der Waals surface area contributed by atoms with E-state index < -0.39 is 0 Å². The van der Waals surface area contributed by atoms with Gasteiger partial charge < -0.3 is 14.5 Å². The summed E-state index contributed by atoms with van der Waals surface area (Å²) in [6, 6.07) is 18.4. The highest BCUT2D eigenvalue weighted by molar-refractivity contribution is 5.88. The van der Waals surface area contributed by atoms with Gasteiger partial charge in [0, 0.05) is 29.6 Å². The van der Waals surface area contributed by atoms with Crippen molar-refractivity contribution in [3.8, 4) is 0 Å². The van der Waals surface area contributed by atoms with Crippen LogP contribution in [0.4, 0.5) is 0 Å². The Labute approximate surface area is 158 Å². The van der Waals surface area contributed by atoms with E-state index in [-0.39, 0.29) is 18.3 Å². The molecule has 5 nitrogen and oxygen atoms in total. The third kappa shape index (κ3) is 4.37. The van der Waals surface area contributed by atoms with Crippen molar-refractivity contribution < 1.29 is 14.7 Å². The number of hydrogen-bond donors (Lipinski definition) is 1. The van der Waals surface area contributed by atoms with E-state index in [1.165, 1.54) is 12.7 Å². The number of ether oxygens (including phenoxy) is 1. The number of carbonyl (C=O) groups is 1. The normalized spacial score (nSPS) is 12.9. The van der Waals surface area contributed by atoms with E-state index in [0.29, 0.717) is 12.1 Å². The Hall–Kier alpha value is -3.08. The molecule has 0 aliphatic carbocycles. The molecule has 3 rings (SSSR count). The smallest absolute Gasteiger partial charge is 0.306 e. The number of aromatic nitrogens is 1. The van der Waals surface area contributed by atoms with Gasteiger partial charge in [-0.1, -0.05) is 53.7 Å². The zero-order valence-corrected chi connectivity index (χ0v) is 15.6. The summed E-state index contributed by atoms with van der Waals surface area (Å²) in [7, 11) is 1.39. The summed E-state index contributed by atoms with van der Waals surface area (Å²) < 4.78 is 7.09. The van der Waals surface area contributed by atoms with Gasteiger partial charge in [-0.3, -0.25) is 4.79 Å². The molecule has 0 aliphatic rings. The molecule has 0 bridgehead atoms. The second-order valence-electron chi connectivity index (χ2n) is 6.73. The van der Waals surface area contributed by atoms with Crippen molar-refractivity contribution in [2.75, 3.05) is 7.11 Å². The minimum atomic E-state index is -0.273. The van der Waals surface area contributed by atoms with Crippen molar-refractivity contribution in [2.24, 2.45) is 5.16 Å². The minimum absolute atomic E-state index is 0.115. The highest BCUT2D eigenvalue weighted by atomic mass is 16.5. The van der Waals surface area contributed by atoms with Gasteiger partial charge in [0.15, 0.2) is 0 Å². The number of nitrogens with zero attached hydrogens (tertiary/aromatic N) is 2. The predicted octanol–water partition coefficient (Wildman–Crippen LogP) is 4.58. The fourth-order valence-electron chi connectivity index (χ4n) is 3.49. The molecule has 1 unspecified atom stereocenters. The maximum absolute atomic E-state index is 12.0. The first-order valence-electron chi connectivity index (χ1n) is 8.98. The van der Waals surface area contributed by atoms with Crippen LogP contribution in [0.1, 0.15) is 36.8 Å². The topological polar surface area (TPSA) is 63.8 Å². The molecule has 5 heteroatoms. The van der Waals surface area contributed by atoms with Crippen LogP contribution >= 0.6 is 0 Å². The fraction of sp³-hybridized carbons (Fsp3) is 0.273. The molecule has 0 fully saturated rings. The van der Waals surface area contributed by atoms with Crippen molar-refractivity contribution in [1.82, 2.24) is 4.57 Å². The first kappa shape index (κ1) is 18.7. The van der Waals surface area contributed by atoms with Crippen LogP contribution < -0.4 is 0 Å². The summed E-state index contributed by atoms with van der Waals surface area (Å²) >= 11 is 0. The van der Waals surface area contributed by atoms with Crippen LogP contribution in [0.2, 0.25) is 0 Å². The van der Waals surface area contributed by atoms with Gasteiger partial charge in [-0.2, -0.15) is 0 Å². The van der Waals surface area contributed by atoms with Crippen molar-refractivity contribution in [3.63, 3.8) is 0 Å². The maximum Gasteiger partial charge on any atom is 0.306 e. The van der Waals surface area contributed by atoms with Crippen LogP contribution in [0.3, 0.4) is 0 Å². The molecular weight excluding hydrogens is 340 g/mol. The van der Waals surface area contributed by atoms with Crippen molar-refractivity contribution in [1.29, 1.82) is 0 Å². The number of benzene rings is 2. The van der Waals surface area contributed by atoms with Gasteiger partial charge in [0.25, 0.3) is 0 Å². The number of rotatable bonds is 7. The molecule has 0 spiro atoms. The lowest BCUT2D eigenvalue weighted by atomic mass is 9.90. The summed E-state index contributed by atoms with van der Waals surface area (Å²) in [5.41, 5.74) is 3.98. The molecule has 0 amide bonds. The Morgan fingerprint density at radius 3 is 2.52 bits per heavy atom. The van der Waals surface area contributed by atoms with E-state index in [1.54, 1.807) is 6.92 Å². The van der Waals surface area contributed by atoms with E-state index in [9.17, 15) is 4.79 Å². The minimum Gasteiger partial charge on any atom is -0.469 e. The molecule has 2 aromatic carbocycles. The van der Waals surface area contributed by atoms with Gasteiger partial charge >= 0.3 is 5.97 Å². The Morgan fingerprint density at radius 1 is 1.11 bits per heavy atom. The number of esters is 1. The summed E-state index contributed by atoms with van der Waals surface area (Å²) in [5.74, 6) is -0.388. The quantitative estimate of drug-likeness (QED) is 0.289. The molecular formula is C22H24N2O3. The maximum atomic E-state index is 12.0. The average molecular weight is 364 g/mol. The van der Waals surface area contributed by atoms with Crippen LogP contribution in [-0.2, 0) is 16.1 Å². The molecule has 1 atom stereocenters. The molecule has 0 saturated carbocycles. The number of fused-ring (bicyclic) bond motifs is 1. The number of oxime groups is 1. The second kappa shape index (κ2) is 8.54. The summed E-state index contributed by atoms with van der Waals surface area (Å²) in [5, 5.41) is 13.5. The molecule has 0 saturated heterocycles. The van der Waals surface area contributed by atoms with E-state index >= 15 is 0 Å². The summed E-state index contributed by atoms with van der Waals surface area (Å²) in [4.78, 5) is 12.0. The van der Waals surface area contributed by atoms with Crippen LogP contribution in [0, 0.1) is 0 Å². The Kier molecular flexibility index (Phi) is 5.91. The summed E-state index contributed by atoms with van der Waals surface area (Å²) in [6.07, 6.45) is 2.84. The molecule has 0 aliphatic heterocycles. The molecule has 1 aromatic heterocycles. The molecule has 27 heavy (non-hydrogen) atoms. The van der Waals surface area contributed by atoms with E-state index in [2.05, 4.69) is 40.2 Å². The molecule has 1 N–H and O–H groups in total. The van der Waals surface area contributed by atoms with E-state index in [4.69, 9.17) is 9.94 Å². The lowest BCUT2D eigenvalue weighted by Crippen LogP contribution is -2.12. The van der Waals surface area contributed by atoms with Crippen molar-refractivity contribution in [3.05, 3.63) is 71.9 Å². The zero-order valence-electron chi connectivity index (χ0n) is 15.6. The third-order valence-electron chi connectivity index (χ3n) is 4.81. The molecule has 0 radical (unpaired) electrons. The van der Waals surface area contributed by atoms with Crippen LogP contribution in [0.25, 0.3) is 10.9 Å². The first-order chi connectivity index (χ1) is 13.1. The third-order valence-corrected chi connectivity index (χ3v) is 4.81. The highest BCUT2D eigenvalue weighted by Gasteiger charge is 2.22. The zero-order chi connectivity index (χ0) is 19.2. The second-order valence-corrected chi connectivity index (χ2v) is 6.73. The first-order valence-corrected chi connectivity index (χ1v) is 8.98. The number of hydrogen-bond acceptors (Lipinski definition) is 4. The number of methoxy groups -OCH3 is 1. The molecule has 3 aromatic rings. The number of carbonyl (C=O) groups excluding carboxylic acids is 1. The largest absolute Gasteiger partial charge is 0.469 e. The van der Waals surface area contributed by atoms with Crippen LogP contribution in [0.5, 0.6) is 0 Å². The van der Waals surface area contributed by atoms with Crippen molar-refractivity contribution >= 4 is 22.6 Å². The van der Waals surface area contributed by atoms with Gasteiger partial charge in [-0.25, -0.2) is 0 Å². The molecule has 1 heterocycles. The molecule has 140 valence electrons. The Bertz CT molecular complexity index is 945. The summed E-state index contributed by atoms with van der Waals surface area (Å²) in [6.45, 7) is 2.51. The van der Waals surface area contributed by atoms with Crippen molar-refractivity contribution in [2.45, 2.75) is 32.2 Å². The fourth-order valence-corrected chi connectivity index (χ4v) is 3.49. The van der Waals surface area contributed by atoms with Gasteiger partial charge in [0.2, 0.25) is 0 Å². The lowest BCUT2D eigenvalue weighted by Gasteiger charge is -2.14. The lowest BCUT2D eigenvalue weighted by molar-refractivity contribution is -0.141. The standard InChI is InChI=1S/C22H24N2O3/c1-16(23-26)12-18(13-22(25)27-2)20-15-24(14-17-8-4-3-5-9-17)21-11-7-6-10-19(20)21/h3-11,15,18,26H,12-14H2,1-2H3/b23-16-. The highest BCUT2D eigenvalue weighted by Crippen LogP contribution is 2.33. The van der Waals surface area contributed by atoms with Gasteiger partial charge in [-0.15, -0.1) is 0 Å². The van der Waals surface area contributed by atoms with Gasteiger partial charge in [-0.05, 0) is 30.5 Å². The van der Waals surface area contributed by atoms with Gasteiger partial charge in [0.1, 0.15) is 0 Å². The van der Waals surface area contributed by atoms with E-state index in [1.807, 2.05) is 30.3 Å². The Balaban J connectivity index is 2.04. The average Bonchev–Trinajstić information content (AvgIpc) is 3.06. The SMILES string of the molecule is COC(=O)CC(C/C(C)=N\O)c1cn(Cc2ccccc2)c2ccccc12. The van der Waals surface area contributed by atoms with E-state index in [0.717, 1.165) is 23.0 Å². The van der Waals surface area contributed by atoms with Crippen LogP contribution in [0.15, 0.2) is 65.9 Å². The monoisotopic (exact) mass is 364 g/mol. The number of para-hydroxylation sites is 1. The van der Waals surface area contributed by atoms with Gasteiger partial charge in [0.05, 0.1) is 19.2 Å². The Morgan fingerprint density at radius 2 is 1.81 bits per heavy atom.